The average Bonchev–Trinajstić information content (AvgIpc) is 2.88. The lowest BCUT2D eigenvalue weighted by atomic mass is 9.96. The van der Waals surface area contributed by atoms with Gasteiger partial charge in [-0.2, -0.15) is 9.78 Å². The van der Waals surface area contributed by atoms with Crippen LogP contribution in [-0.2, 0) is 4.79 Å². The molecule has 1 heterocycles. The second-order valence-electron chi connectivity index (χ2n) is 8.96. The van der Waals surface area contributed by atoms with Crippen LogP contribution in [0.25, 0.3) is 22.3 Å². The molecule has 194 valence electrons. The molecule has 0 N–H and O–H groups in total. The van der Waals surface area contributed by atoms with E-state index in [0.29, 0.717) is 27.9 Å². The van der Waals surface area contributed by atoms with E-state index < -0.39 is 22.1 Å². The zero-order valence-corrected chi connectivity index (χ0v) is 21.6. The van der Waals surface area contributed by atoms with E-state index in [4.69, 9.17) is 14.5 Å². The van der Waals surface area contributed by atoms with E-state index >= 15 is 0 Å². The van der Waals surface area contributed by atoms with Crippen LogP contribution in [-0.4, -0.2) is 33.9 Å². The highest BCUT2D eigenvalue weighted by Crippen LogP contribution is 2.34. The Morgan fingerprint density at radius 1 is 1.13 bits per heavy atom. The molecule has 0 bridgehead atoms. The first-order chi connectivity index (χ1) is 18.1. The van der Waals surface area contributed by atoms with Gasteiger partial charge in [-0.1, -0.05) is 26.0 Å². The zero-order valence-electron chi connectivity index (χ0n) is 21.6. The van der Waals surface area contributed by atoms with E-state index in [1.54, 1.807) is 31.4 Å². The molecule has 0 aliphatic rings. The molecule has 1 aromatic heterocycles. The van der Waals surface area contributed by atoms with Crippen molar-refractivity contribution in [3.05, 3.63) is 91.8 Å². The molecule has 0 saturated heterocycles. The van der Waals surface area contributed by atoms with Crippen molar-refractivity contribution in [1.82, 2.24) is 9.66 Å². The lowest BCUT2D eigenvalue weighted by Gasteiger charge is -2.17. The molecule has 4 rings (SSSR count). The van der Waals surface area contributed by atoms with Crippen LogP contribution in [0, 0.1) is 17.0 Å². The van der Waals surface area contributed by atoms with Crippen molar-refractivity contribution in [2.45, 2.75) is 33.6 Å². The number of aryl methyl sites for hydroxylation is 1. The largest absolute Gasteiger partial charge is 0.496 e. The molecule has 10 nitrogen and oxygen atoms in total. The number of hydrogen-bond donors (Lipinski definition) is 0. The number of nitro benzene ring substituents is 1. The number of nitrogens with zero attached hydrogens (tertiary/aromatic N) is 4. The third-order valence-corrected chi connectivity index (χ3v) is 5.95. The number of ether oxygens (including phenoxy) is 2. The fourth-order valence-electron chi connectivity index (χ4n) is 4.10. The normalized spacial score (nSPS) is 11.3. The molecule has 4 aromatic rings. The standard InChI is InChI=1S/C28H26N4O6/c1-16(2)21-14-22(17(3)12-26(21)37-5)27-30-23-9-7-6-8-20(23)28(34)31(27)29-15-19-10-11-25(38-18(4)33)24(13-19)32(35)36/h6-16H,1-5H3. The van der Waals surface area contributed by atoms with Crippen molar-refractivity contribution < 1.29 is 19.2 Å². The molecule has 0 fully saturated rings. The minimum atomic E-state index is -0.677. The molecule has 38 heavy (non-hydrogen) atoms. The maximum absolute atomic E-state index is 13.6. The minimum Gasteiger partial charge on any atom is -0.496 e. The van der Waals surface area contributed by atoms with Gasteiger partial charge in [-0.15, -0.1) is 0 Å². The Morgan fingerprint density at radius 3 is 2.53 bits per heavy atom. The van der Waals surface area contributed by atoms with Gasteiger partial charge in [0.25, 0.3) is 5.56 Å². The van der Waals surface area contributed by atoms with Gasteiger partial charge < -0.3 is 9.47 Å². The summed E-state index contributed by atoms with van der Waals surface area (Å²) in [6.45, 7) is 7.14. The van der Waals surface area contributed by atoms with Gasteiger partial charge in [-0.3, -0.25) is 19.7 Å². The van der Waals surface area contributed by atoms with Gasteiger partial charge in [-0.05, 0) is 60.4 Å². The maximum atomic E-state index is 13.6. The van der Waals surface area contributed by atoms with E-state index in [0.717, 1.165) is 23.8 Å². The molecule has 0 aliphatic carbocycles. The Balaban J connectivity index is 1.93. The summed E-state index contributed by atoms with van der Waals surface area (Å²) in [6.07, 6.45) is 1.33. The van der Waals surface area contributed by atoms with Crippen LogP contribution < -0.4 is 15.0 Å². The van der Waals surface area contributed by atoms with Gasteiger partial charge >= 0.3 is 11.7 Å². The van der Waals surface area contributed by atoms with Crippen LogP contribution in [0.2, 0.25) is 0 Å². The second kappa shape index (κ2) is 10.6. The number of aromatic nitrogens is 2. The molecule has 0 aliphatic heterocycles. The maximum Gasteiger partial charge on any atom is 0.312 e. The molecule has 0 saturated carbocycles. The number of esters is 1. The Labute approximate surface area is 218 Å². The number of fused-ring (bicyclic) bond motifs is 1. The van der Waals surface area contributed by atoms with Crippen molar-refractivity contribution >= 4 is 28.8 Å². The highest BCUT2D eigenvalue weighted by atomic mass is 16.6. The van der Waals surface area contributed by atoms with Crippen LogP contribution >= 0.6 is 0 Å². The number of carbonyl (C=O) groups is 1. The van der Waals surface area contributed by atoms with E-state index in [1.165, 1.54) is 29.1 Å². The molecule has 0 amide bonds. The third-order valence-electron chi connectivity index (χ3n) is 5.95. The lowest BCUT2D eigenvalue weighted by Crippen LogP contribution is -2.20. The highest BCUT2D eigenvalue weighted by molar-refractivity contribution is 5.84. The molecule has 0 radical (unpaired) electrons. The van der Waals surface area contributed by atoms with Crippen molar-refractivity contribution in [3.8, 4) is 22.9 Å². The first-order valence-electron chi connectivity index (χ1n) is 11.8. The minimum absolute atomic E-state index is 0.143. The SMILES string of the molecule is COc1cc(C)c(-c2nc3ccccc3c(=O)n2N=Cc2ccc(OC(C)=O)c([N+](=O)[O-])c2)cc1C(C)C. The summed E-state index contributed by atoms with van der Waals surface area (Å²) < 4.78 is 11.7. The first-order valence-corrected chi connectivity index (χ1v) is 11.8. The number of nitro groups is 1. The quantitative estimate of drug-likeness (QED) is 0.109. The summed E-state index contributed by atoms with van der Waals surface area (Å²) in [4.78, 5) is 40.5. The highest BCUT2D eigenvalue weighted by Gasteiger charge is 2.20. The van der Waals surface area contributed by atoms with Crippen molar-refractivity contribution in [3.63, 3.8) is 0 Å². The molecule has 0 spiro atoms. The van der Waals surface area contributed by atoms with E-state index in [1.807, 2.05) is 32.9 Å². The monoisotopic (exact) mass is 514 g/mol. The third kappa shape index (κ3) is 5.15. The van der Waals surface area contributed by atoms with Gasteiger partial charge in [0.05, 0.1) is 29.2 Å². The first kappa shape index (κ1) is 26.2. The summed E-state index contributed by atoms with van der Waals surface area (Å²) in [7, 11) is 1.61. The van der Waals surface area contributed by atoms with E-state index in [2.05, 4.69) is 5.10 Å². The lowest BCUT2D eigenvalue weighted by molar-refractivity contribution is -0.385. The molecule has 0 unspecified atom stereocenters. The summed E-state index contributed by atoms with van der Waals surface area (Å²) >= 11 is 0. The summed E-state index contributed by atoms with van der Waals surface area (Å²) in [6, 6.07) is 14.8. The molecular weight excluding hydrogens is 488 g/mol. The fraction of sp³-hybridized carbons (Fsp3) is 0.214. The van der Waals surface area contributed by atoms with Crippen LogP contribution in [0.5, 0.6) is 11.5 Å². The molecule has 3 aromatic carbocycles. The number of para-hydroxylation sites is 1. The number of carbonyl (C=O) groups excluding carboxylic acids is 1. The van der Waals surface area contributed by atoms with Gasteiger partial charge in [-0.25, -0.2) is 4.98 Å². The van der Waals surface area contributed by atoms with E-state index in [-0.39, 0.29) is 11.7 Å². The van der Waals surface area contributed by atoms with Gasteiger partial charge in [0.1, 0.15) is 5.75 Å². The Bertz CT molecular complexity index is 1660. The molecule has 10 heteroatoms. The van der Waals surface area contributed by atoms with Crippen molar-refractivity contribution in [2.75, 3.05) is 7.11 Å². The van der Waals surface area contributed by atoms with Gasteiger partial charge in [0, 0.05) is 24.1 Å². The predicted molar refractivity (Wildman–Crippen MR) is 144 cm³/mol. The van der Waals surface area contributed by atoms with Gasteiger partial charge in [0.2, 0.25) is 5.75 Å². The van der Waals surface area contributed by atoms with Crippen LogP contribution in [0.1, 0.15) is 43.4 Å². The second-order valence-corrected chi connectivity index (χ2v) is 8.96. The Morgan fingerprint density at radius 2 is 1.87 bits per heavy atom. The van der Waals surface area contributed by atoms with Crippen LogP contribution in [0.4, 0.5) is 5.69 Å². The van der Waals surface area contributed by atoms with Crippen molar-refractivity contribution in [1.29, 1.82) is 0 Å². The Hall–Kier alpha value is -4.86. The number of benzene rings is 3. The Kier molecular flexibility index (Phi) is 7.33. The smallest absolute Gasteiger partial charge is 0.312 e. The van der Waals surface area contributed by atoms with Crippen LogP contribution in [0.15, 0.2) is 64.5 Å². The number of rotatable bonds is 7. The fourth-order valence-corrected chi connectivity index (χ4v) is 4.10. The molecule has 0 atom stereocenters. The van der Waals surface area contributed by atoms with Gasteiger partial charge in [0.15, 0.2) is 5.82 Å². The number of hydrogen-bond acceptors (Lipinski definition) is 8. The average molecular weight is 515 g/mol. The summed E-state index contributed by atoms with van der Waals surface area (Å²) in [5, 5.41) is 16.3. The van der Waals surface area contributed by atoms with E-state index in [9.17, 15) is 19.7 Å². The van der Waals surface area contributed by atoms with Crippen molar-refractivity contribution in [2.24, 2.45) is 5.10 Å². The number of methoxy groups -OCH3 is 1. The summed E-state index contributed by atoms with van der Waals surface area (Å²) in [5.41, 5.74) is 2.52. The zero-order chi connectivity index (χ0) is 27.6. The predicted octanol–water partition coefficient (Wildman–Crippen LogP) is 5.22. The topological polar surface area (TPSA) is 126 Å². The molecular formula is C28H26N4O6. The summed E-state index contributed by atoms with van der Waals surface area (Å²) in [5.74, 6) is 0.339. The van der Waals surface area contributed by atoms with Crippen LogP contribution in [0.3, 0.4) is 0 Å².